The van der Waals surface area contributed by atoms with Crippen LogP contribution in [0.3, 0.4) is 0 Å². The van der Waals surface area contributed by atoms with E-state index in [2.05, 4.69) is 5.32 Å². The lowest BCUT2D eigenvalue weighted by atomic mass is 10.1. The molecule has 0 radical (unpaired) electrons. The largest absolute Gasteiger partial charge is 0.396 e. The number of aliphatic hydroxyl groups is 1. The Labute approximate surface area is 112 Å². The fourth-order valence-electron chi connectivity index (χ4n) is 2.30. The molecular formula is C13H17ClN2O2. The number of hydrogen-bond acceptors (Lipinski definition) is 3. The van der Waals surface area contributed by atoms with Crippen molar-refractivity contribution in [3.8, 4) is 0 Å². The molecule has 0 aliphatic carbocycles. The summed E-state index contributed by atoms with van der Waals surface area (Å²) < 4.78 is 0. The first-order valence-corrected chi connectivity index (χ1v) is 6.42. The molecule has 1 unspecified atom stereocenters. The van der Waals surface area contributed by atoms with Gasteiger partial charge in [0, 0.05) is 30.4 Å². The van der Waals surface area contributed by atoms with Gasteiger partial charge in [0.1, 0.15) is 6.04 Å². The van der Waals surface area contributed by atoms with Crippen LogP contribution in [0, 0.1) is 6.92 Å². The van der Waals surface area contributed by atoms with E-state index in [-0.39, 0.29) is 18.6 Å². The lowest BCUT2D eigenvalue weighted by molar-refractivity contribution is -0.123. The van der Waals surface area contributed by atoms with Crippen LogP contribution < -0.4 is 10.2 Å². The minimum atomic E-state index is -0.319. The average Bonchev–Trinajstić information content (AvgIpc) is 2.35. The maximum Gasteiger partial charge on any atom is 0.242 e. The Morgan fingerprint density at radius 2 is 2.33 bits per heavy atom. The summed E-state index contributed by atoms with van der Waals surface area (Å²) >= 11 is 6.02. The van der Waals surface area contributed by atoms with E-state index in [4.69, 9.17) is 16.7 Å². The molecule has 2 rings (SSSR count). The highest BCUT2D eigenvalue weighted by molar-refractivity contribution is 6.30. The summed E-state index contributed by atoms with van der Waals surface area (Å²) in [6.45, 7) is 3.34. The van der Waals surface area contributed by atoms with E-state index in [1.54, 1.807) is 0 Å². The molecule has 1 aliphatic heterocycles. The lowest BCUT2D eigenvalue weighted by Crippen LogP contribution is -2.56. The van der Waals surface area contributed by atoms with Crippen molar-refractivity contribution in [2.24, 2.45) is 0 Å². The summed E-state index contributed by atoms with van der Waals surface area (Å²) in [5.41, 5.74) is 2.05. The van der Waals surface area contributed by atoms with Crippen molar-refractivity contribution in [3.05, 3.63) is 28.8 Å². The summed E-state index contributed by atoms with van der Waals surface area (Å²) in [6.07, 6.45) is 0.428. The van der Waals surface area contributed by atoms with Crippen LogP contribution in [-0.2, 0) is 4.79 Å². The Morgan fingerprint density at radius 3 is 3.06 bits per heavy atom. The van der Waals surface area contributed by atoms with E-state index in [1.165, 1.54) is 0 Å². The van der Waals surface area contributed by atoms with Crippen molar-refractivity contribution >= 4 is 23.2 Å². The smallest absolute Gasteiger partial charge is 0.242 e. The van der Waals surface area contributed by atoms with E-state index in [1.807, 2.05) is 30.0 Å². The first kappa shape index (κ1) is 13.2. The summed E-state index contributed by atoms with van der Waals surface area (Å²) in [5, 5.41) is 12.6. The summed E-state index contributed by atoms with van der Waals surface area (Å²) in [7, 11) is 0. The van der Waals surface area contributed by atoms with E-state index < -0.39 is 0 Å². The molecule has 0 bridgehead atoms. The number of halogens is 1. The maximum atomic E-state index is 11.9. The standard InChI is InChI=1S/C13H17ClN2O2/c1-9-2-3-10(14)8-12(9)16-6-5-15-13(18)11(16)4-7-17/h2-3,8,11,17H,4-7H2,1H3,(H,15,18). The van der Waals surface area contributed by atoms with Crippen molar-refractivity contribution in [1.29, 1.82) is 0 Å². The van der Waals surface area contributed by atoms with Crippen molar-refractivity contribution < 1.29 is 9.90 Å². The quantitative estimate of drug-likeness (QED) is 0.870. The number of aliphatic hydroxyl groups excluding tert-OH is 1. The third-order valence-electron chi connectivity index (χ3n) is 3.21. The van der Waals surface area contributed by atoms with Crippen LogP contribution in [0.25, 0.3) is 0 Å². The molecule has 0 spiro atoms. The molecule has 1 aliphatic rings. The molecule has 0 aromatic heterocycles. The third-order valence-corrected chi connectivity index (χ3v) is 3.45. The minimum Gasteiger partial charge on any atom is -0.396 e. The van der Waals surface area contributed by atoms with Crippen LogP contribution in [0.1, 0.15) is 12.0 Å². The van der Waals surface area contributed by atoms with Crippen LogP contribution in [-0.4, -0.2) is 36.8 Å². The molecule has 4 nitrogen and oxygen atoms in total. The molecule has 1 fully saturated rings. The number of rotatable bonds is 3. The number of carbonyl (C=O) groups is 1. The zero-order valence-corrected chi connectivity index (χ0v) is 11.1. The molecule has 1 atom stereocenters. The molecule has 1 aromatic carbocycles. The van der Waals surface area contributed by atoms with Crippen LogP contribution in [0.2, 0.25) is 5.02 Å². The van der Waals surface area contributed by atoms with Crippen LogP contribution in [0.15, 0.2) is 18.2 Å². The van der Waals surface area contributed by atoms with E-state index in [9.17, 15) is 4.79 Å². The molecule has 1 heterocycles. The Balaban J connectivity index is 2.33. The monoisotopic (exact) mass is 268 g/mol. The average molecular weight is 269 g/mol. The third kappa shape index (κ3) is 2.60. The Morgan fingerprint density at radius 1 is 1.56 bits per heavy atom. The number of nitrogens with zero attached hydrogens (tertiary/aromatic N) is 1. The topological polar surface area (TPSA) is 52.6 Å². The van der Waals surface area contributed by atoms with Gasteiger partial charge in [-0.05, 0) is 31.0 Å². The van der Waals surface area contributed by atoms with Gasteiger partial charge >= 0.3 is 0 Å². The Hall–Kier alpha value is -1.26. The highest BCUT2D eigenvalue weighted by Crippen LogP contribution is 2.27. The van der Waals surface area contributed by atoms with Crippen molar-refractivity contribution in [2.45, 2.75) is 19.4 Å². The first-order chi connectivity index (χ1) is 8.63. The summed E-state index contributed by atoms with van der Waals surface area (Å²) in [6, 6.07) is 5.34. The fourth-order valence-corrected chi connectivity index (χ4v) is 2.47. The van der Waals surface area contributed by atoms with Crippen molar-refractivity contribution in [2.75, 3.05) is 24.6 Å². The number of nitrogens with one attached hydrogen (secondary N) is 1. The Kier molecular flexibility index (Phi) is 4.09. The zero-order valence-electron chi connectivity index (χ0n) is 10.3. The molecule has 18 heavy (non-hydrogen) atoms. The second-order valence-electron chi connectivity index (χ2n) is 4.44. The van der Waals surface area contributed by atoms with Crippen LogP contribution in [0.5, 0.6) is 0 Å². The highest BCUT2D eigenvalue weighted by atomic mass is 35.5. The number of amides is 1. The van der Waals surface area contributed by atoms with Gasteiger partial charge in [-0.2, -0.15) is 0 Å². The van der Waals surface area contributed by atoms with Gasteiger partial charge in [0.2, 0.25) is 5.91 Å². The van der Waals surface area contributed by atoms with Crippen molar-refractivity contribution in [1.82, 2.24) is 5.32 Å². The maximum absolute atomic E-state index is 11.9. The molecule has 0 saturated carbocycles. The van der Waals surface area contributed by atoms with E-state index in [0.717, 1.165) is 17.8 Å². The molecule has 1 saturated heterocycles. The zero-order chi connectivity index (χ0) is 13.1. The predicted octanol–water partition coefficient (Wildman–Crippen LogP) is 1.34. The van der Waals surface area contributed by atoms with Gasteiger partial charge in [-0.3, -0.25) is 4.79 Å². The number of carbonyl (C=O) groups excluding carboxylic acids is 1. The normalized spacial score (nSPS) is 19.8. The number of aryl methyl sites for hydroxylation is 1. The van der Waals surface area contributed by atoms with Gasteiger partial charge in [0.25, 0.3) is 0 Å². The van der Waals surface area contributed by atoms with Gasteiger partial charge in [0.15, 0.2) is 0 Å². The summed E-state index contributed by atoms with van der Waals surface area (Å²) in [5.74, 6) is -0.0327. The number of benzene rings is 1. The highest BCUT2D eigenvalue weighted by Gasteiger charge is 2.30. The molecular weight excluding hydrogens is 252 g/mol. The second kappa shape index (κ2) is 5.59. The number of piperazine rings is 1. The van der Waals surface area contributed by atoms with Crippen LogP contribution in [0.4, 0.5) is 5.69 Å². The molecule has 98 valence electrons. The van der Waals surface area contributed by atoms with Crippen molar-refractivity contribution in [3.63, 3.8) is 0 Å². The molecule has 1 amide bonds. The van der Waals surface area contributed by atoms with Gasteiger partial charge < -0.3 is 15.3 Å². The van der Waals surface area contributed by atoms with E-state index in [0.29, 0.717) is 18.0 Å². The first-order valence-electron chi connectivity index (χ1n) is 6.05. The van der Waals surface area contributed by atoms with E-state index >= 15 is 0 Å². The fraction of sp³-hybridized carbons (Fsp3) is 0.462. The van der Waals surface area contributed by atoms with Gasteiger partial charge in [0.05, 0.1) is 0 Å². The minimum absolute atomic E-state index is 0.00575. The number of anilines is 1. The molecule has 2 N–H and O–H groups in total. The van der Waals surface area contributed by atoms with Gasteiger partial charge in [-0.25, -0.2) is 0 Å². The van der Waals surface area contributed by atoms with Gasteiger partial charge in [-0.15, -0.1) is 0 Å². The SMILES string of the molecule is Cc1ccc(Cl)cc1N1CCNC(=O)C1CCO. The molecule has 5 heteroatoms. The number of hydrogen-bond donors (Lipinski definition) is 2. The summed E-state index contributed by atoms with van der Waals surface area (Å²) in [4.78, 5) is 13.9. The molecule has 1 aromatic rings. The lowest BCUT2D eigenvalue weighted by Gasteiger charge is -2.37. The predicted molar refractivity (Wildman–Crippen MR) is 72.0 cm³/mol. The Bertz CT molecular complexity index is 451. The van der Waals surface area contributed by atoms with Gasteiger partial charge in [-0.1, -0.05) is 17.7 Å². The second-order valence-corrected chi connectivity index (χ2v) is 4.88. The van der Waals surface area contributed by atoms with Crippen LogP contribution >= 0.6 is 11.6 Å².